The van der Waals surface area contributed by atoms with Crippen molar-refractivity contribution < 1.29 is 14.1 Å². The summed E-state index contributed by atoms with van der Waals surface area (Å²) in [5.41, 5.74) is -0.472. The zero-order valence-electron chi connectivity index (χ0n) is 11.3. The fourth-order valence-corrected chi connectivity index (χ4v) is 2.76. The molecule has 1 aliphatic heterocycles. The Balaban J connectivity index is 2.06. The molecule has 0 N–H and O–H groups in total. The fraction of sp³-hybridized carbons (Fsp3) is 0.462. The number of piperazine rings is 1. The van der Waals surface area contributed by atoms with Gasteiger partial charge in [-0.25, -0.2) is 4.39 Å². The van der Waals surface area contributed by atoms with Gasteiger partial charge in [-0.2, -0.15) is 0 Å². The van der Waals surface area contributed by atoms with Gasteiger partial charge in [0.1, 0.15) is 5.82 Å². The molecule has 21 heavy (non-hydrogen) atoms. The Hall–Kier alpha value is -1.54. The van der Waals surface area contributed by atoms with Crippen LogP contribution in [0.4, 0.5) is 10.1 Å². The summed E-state index contributed by atoms with van der Waals surface area (Å²) in [6.07, 6.45) is 0. The van der Waals surface area contributed by atoms with Crippen molar-refractivity contribution >= 4 is 27.5 Å². The maximum absolute atomic E-state index is 13.8. The summed E-state index contributed by atoms with van der Waals surface area (Å²) in [6, 6.07) is 3.12. The number of nitro benzene ring substituents is 1. The third kappa shape index (κ3) is 3.76. The van der Waals surface area contributed by atoms with E-state index in [2.05, 4.69) is 20.8 Å². The van der Waals surface area contributed by atoms with Crippen molar-refractivity contribution in [1.29, 1.82) is 0 Å². The van der Waals surface area contributed by atoms with E-state index in [1.54, 1.807) is 4.90 Å². The number of hydrogen-bond acceptors (Lipinski definition) is 4. The van der Waals surface area contributed by atoms with E-state index in [4.69, 9.17) is 0 Å². The predicted molar refractivity (Wildman–Crippen MR) is 79.2 cm³/mol. The minimum Gasteiger partial charge on any atom is -0.336 e. The number of alkyl halides is 1. The first-order valence-corrected chi connectivity index (χ1v) is 7.66. The Kier molecular flexibility index (Phi) is 5.24. The molecule has 6 nitrogen and oxygen atoms in total. The number of carbonyl (C=O) groups excluding carboxylic acids is 1. The zero-order valence-corrected chi connectivity index (χ0v) is 12.9. The average molecular weight is 360 g/mol. The number of nitro groups is 1. The van der Waals surface area contributed by atoms with Crippen LogP contribution in [0.3, 0.4) is 0 Å². The van der Waals surface area contributed by atoms with Crippen molar-refractivity contribution in [3.05, 3.63) is 39.7 Å². The van der Waals surface area contributed by atoms with Crippen LogP contribution in [-0.4, -0.2) is 58.7 Å². The van der Waals surface area contributed by atoms with E-state index in [1.165, 1.54) is 6.07 Å². The highest BCUT2D eigenvalue weighted by molar-refractivity contribution is 9.09. The van der Waals surface area contributed by atoms with E-state index in [0.29, 0.717) is 13.1 Å². The lowest BCUT2D eigenvalue weighted by Gasteiger charge is -2.34. The molecule has 0 radical (unpaired) electrons. The fourth-order valence-electron chi connectivity index (χ4n) is 2.26. The molecular weight excluding hydrogens is 345 g/mol. The third-order valence-corrected chi connectivity index (χ3v) is 3.81. The maximum Gasteiger partial charge on any atom is 0.272 e. The van der Waals surface area contributed by atoms with E-state index in [0.717, 1.165) is 37.1 Å². The van der Waals surface area contributed by atoms with Crippen LogP contribution in [-0.2, 0) is 0 Å². The third-order valence-electron chi connectivity index (χ3n) is 3.45. The molecule has 1 aliphatic rings. The van der Waals surface area contributed by atoms with Crippen molar-refractivity contribution in [2.24, 2.45) is 0 Å². The second kappa shape index (κ2) is 6.95. The summed E-state index contributed by atoms with van der Waals surface area (Å²) in [7, 11) is 0. The highest BCUT2D eigenvalue weighted by Crippen LogP contribution is 2.18. The highest BCUT2D eigenvalue weighted by atomic mass is 79.9. The highest BCUT2D eigenvalue weighted by Gasteiger charge is 2.24. The first kappa shape index (κ1) is 15.8. The molecule has 0 aromatic heterocycles. The van der Waals surface area contributed by atoms with Gasteiger partial charge in [-0.3, -0.25) is 19.8 Å². The molecule has 0 aliphatic carbocycles. The van der Waals surface area contributed by atoms with Gasteiger partial charge in [0.25, 0.3) is 11.6 Å². The largest absolute Gasteiger partial charge is 0.336 e. The summed E-state index contributed by atoms with van der Waals surface area (Å²) in [5, 5.41) is 11.4. The van der Waals surface area contributed by atoms with Crippen molar-refractivity contribution in [1.82, 2.24) is 9.80 Å². The molecule has 0 atom stereocenters. The molecule has 1 aromatic rings. The second-order valence-electron chi connectivity index (χ2n) is 4.74. The molecule has 114 valence electrons. The quantitative estimate of drug-likeness (QED) is 0.467. The van der Waals surface area contributed by atoms with E-state index in [-0.39, 0.29) is 11.3 Å². The van der Waals surface area contributed by atoms with Crippen LogP contribution in [0.2, 0.25) is 0 Å². The molecule has 1 heterocycles. The molecule has 0 saturated carbocycles. The number of hydrogen-bond donors (Lipinski definition) is 0. The first-order valence-electron chi connectivity index (χ1n) is 6.54. The topological polar surface area (TPSA) is 66.7 Å². The number of benzene rings is 1. The molecule has 0 bridgehead atoms. The Morgan fingerprint density at radius 2 is 2.00 bits per heavy atom. The van der Waals surface area contributed by atoms with Crippen LogP contribution in [0.25, 0.3) is 0 Å². The van der Waals surface area contributed by atoms with Gasteiger partial charge in [-0.1, -0.05) is 15.9 Å². The molecule has 0 unspecified atom stereocenters. The predicted octanol–water partition coefficient (Wildman–Crippen LogP) is 1.89. The lowest BCUT2D eigenvalue weighted by Crippen LogP contribution is -2.49. The molecular formula is C13H15BrFN3O3. The first-order chi connectivity index (χ1) is 10.0. The number of carbonyl (C=O) groups is 1. The van der Waals surface area contributed by atoms with Crippen LogP contribution in [0.5, 0.6) is 0 Å². The molecule has 1 saturated heterocycles. The molecule has 2 rings (SSSR count). The Bertz CT molecular complexity index is 547. The van der Waals surface area contributed by atoms with Gasteiger partial charge in [0.2, 0.25) is 0 Å². The maximum atomic E-state index is 13.8. The summed E-state index contributed by atoms with van der Waals surface area (Å²) < 4.78 is 13.8. The van der Waals surface area contributed by atoms with Crippen molar-refractivity contribution in [2.75, 3.05) is 38.1 Å². The summed E-state index contributed by atoms with van der Waals surface area (Å²) in [5.74, 6) is -1.27. The normalized spacial score (nSPS) is 16.0. The van der Waals surface area contributed by atoms with Crippen LogP contribution in [0, 0.1) is 15.9 Å². The number of rotatable bonds is 4. The van der Waals surface area contributed by atoms with Crippen LogP contribution in [0.15, 0.2) is 18.2 Å². The van der Waals surface area contributed by atoms with Crippen LogP contribution in [0.1, 0.15) is 10.4 Å². The molecule has 1 amide bonds. The number of nitrogens with zero attached hydrogens (tertiary/aromatic N) is 3. The minimum atomic E-state index is -0.850. The second-order valence-corrected chi connectivity index (χ2v) is 5.54. The number of non-ortho nitro benzene ring substituents is 1. The van der Waals surface area contributed by atoms with Crippen LogP contribution >= 0.6 is 15.9 Å². The Morgan fingerprint density at radius 3 is 2.52 bits per heavy atom. The van der Waals surface area contributed by atoms with Gasteiger partial charge < -0.3 is 4.90 Å². The van der Waals surface area contributed by atoms with Crippen LogP contribution < -0.4 is 0 Å². The summed E-state index contributed by atoms with van der Waals surface area (Å²) >= 11 is 3.37. The van der Waals surface area contributed by atoms with Gasteiger partial charge in [0.15, 0.2) is 0 Å². The number of amides is 1. The van der Waals surface area contributed by atoms with Crippen molar-refractivity contribution in [3.63, 3.8) is 0 Å². The monoisotopic (exact) mass is 359 g/mol. The van der Waals surface area contributed by atoms with Gasteiger partial charge in [-0.05, 0) is 6.07 Å². The molecule has 0 spiro atoms. The van der Waals surface area contributed by atoms with E-state index in [1.807, 2.05) is 0 Å². The average Bonchev–Trinajstić information content (AvgIpc) is 2.47. The van der Waals surface area contributed by atoms with Gasteiger partial charge in [0.05, 0.1) is 16.6 Å². The minimum absolute atomic E-state index is 0.116. The van der Waals surface area contributed by atoms with Gasteiger partial charge >= 0.3 is 0 Å². The van der Waals surface area contributed by atoms with Crippen molar-refractivity contribution in [2.45, 2.75) is 0 Å². The van der Waals surface area contributed by atoms with Crippen molar-refractivity contribution in [3.8, 4) is 0 Å². The van der Waals surface area contributed by atoms with E-state index in [9.17, 15) is 19.3 Å². The standard InChI is InChI=1S/C13H15BrFN3O3/c14-3-4-16-5-7-17(8-6-16)13(19)11-2-1-10(18(20)21)9-12(11)15/h1-2,9H,3-8H2. The Labute approximate surface area is 129 Å². The smallest absolute Gasteiger partial charge is 0.272 e. The summed E-state index contributed by atoms with van der Waals surface area (Å²) in [6.45, 7) is 3.45. The van der Waals surface area contributed by atoms with Gasteiger partial charge in [-0.15, -0.1) is 0 Å². The summed E-state index contributed by atoms with van der Waals surface area (Å²) in [4.78, 5) is 25.9. The molecule has 1 fully saturated rings. The zero-order chi connectivity index (χ0) is 15.4. The van der Waals surface area contributed by atoms with Gasteiger partial charge in [0, 0.05) is 44.1 Å². The molecule has 1 aromatic carbocycles. The lowest BCUT2D eigenvalue weighted by atomic mass is 10.1. The lowest BCUT2D eigenvalue weighted by molar-refractivity contribution is -0.385. The van der Waals surface area contributed by atoms with E-state index >= 15 is 0 Å². The number of halogens is 2. The Morgan fingerprint density at radius 1 is 1.33 bits per heavy atom. The van der Waals surface area contributed by atoms with E-state index < -0.39 is 16.6 Å². The molecule has 8 heteroatoms. The SMILES string of the molecule is O=C(c1ccc([N+](=O)[O-])cc1F)N1CCN(CCBr)CC1.